The van der Waals surface area contributed by atoms with Crippen molar-refractivity contribution in [2.75, 3.05) is 7.11 Å². The summed E-state index contributed by atoms with van der Waals surface area (Å²) in [5.41, 5.74) is 0.907. The number of fused-ring (bicyclic) bond motifs is 1. The van der Waals surface area contributed by atoms with Crippen LogP contribution in [0.1, 0.15) is 26.3 Å². The van der Waals surface area contributed by atoms with Crippen molar-refractivity contribution >= 4 is 28.6 Å². The predicted octanol–water partition coefficient (Wildman–Crippen LogP) is 2.20. The van der Waals surface area contributed by atoms with Gasteiger partial charge in [0.05, 0.1) is 7.11 Å². The third-order valence-corrected chi connectivity index (χ3v) is 4.36. The Bertz CT molecular complexity index is 832. The van der Waals surface area contributed by atoms with E-state index < -0.39 is 24.0 Å². The lowest BCUT2D eigenvalue weighted by molar-refractivity contribution is -0.145. The van der Waals surface area contributed by atoms with Crippen molar-refractivity contribution in [2.45, 2.75) is 39.3 Å². The number of benzene rings is 2. The molecule has 6 nitrogen and oxygen atoms in total. The second-order valence-electron chi connectivity index (χ2n) is 6.89. The average Bonchev–Trinajstić information content (AvgIpc) is 2.64. The van der Waals surface area contributed by atoms with Crippen molar-refractivity contribution in [1.82, 2.24) is 10.6 Å². The summed E-state index contributed by atoms with van der Waals surface area (Å²) in [6.07, 6.45) is 0.300. The van der Waals surface area contributed by atoms with Gasteiger partial charge in [0.2, 0.25) is 11.8 Å². The minimum atomic E-state index is -0.835. The van der Waals surface area contributed by atoms with E-state index in [2.05, 4.69) is 10.6 Å². The quantitative estimate of drug-likeness (QED) is 0.732. The molecular weight excluding hydrogens is 344 g/mol. The van der Waals surface area contributed by atoms with E-state index in [0.29, 0.717) is 6.42 Å². The van der Waals surface area contributed by atoms with Crippen LogP contribution in [0.15, 0.2) is 42.5 Å². The topological polar surface area (TPSA) is 84.5 Å². The van der Waals surface area contributed by atoms with Crippen LogP contribution in [0.5, 0.6) is 0 Å². The van der Waals surface area contributed by atoms with Crippen LogP contribution >= 0.6 is 0 Å². The zero-order valence-electron chi connectivity index (χ0n) is 16.1. The molecular formula is C21H26N2O4. The van der Waals surface area contributed by atoms with Gasteiger partial charge in [-0.05, 0) is 22.3 Å². The highest BCUT2D eigenvalue weighted by atomic mass is 16.5. The first-order valence-electron chi connectivity index (χ1n) is 8.94. The molecule has 0 saturated carbocycles. The van der Waals surface area contributed by atoms with Gasteiger partial charge in [-0.25, -0.2) is 4.79 Å². The molecule has 0 aromatic heterocycles. The monoisotopic (exact) mass is 370 g/mol. The lowest BCUT2D eigenvalue weighted by Gasteiger charge is -2.24. The fourth-order valence-corrected chi connectivity index (χ4v) is 2.95. The first kappa shape index (κ1) is 20.4. The minimum absolute atomic E-state index is 0.118. The number of esters is 1. The van der Waals surface area contributed by atoms with Crippen LogP contribution < -0.4 is 10.6 Å². The van der Waals surface area contributed by atoms with Crippen LogP contribution in [0.4, 0.5) is 0 Å². The number of hydrogen-bond donors (Lipinski definition) is 2. The second-order valence-corrected chi connectivity index (χ2v) is 6.89. The van der Waals surface area contributed by atoms with E-state index in [-0.39, 0.29) is 11.8 Å². The minimum Gasteiger partial charge on any atom is -0.467 e. The van der Waals surface area contributed by atoms with Gasteiger partial charge in [-0.15, -0.1) is 0 Å². The Morgan fingerprint density at radius 3 is 2.26 bits per heavy atom. The van der Waals surface area contributed by atoms with E-state index in [4.69, 9.17) is 4.74 Å². The summed E-state index contributed by atoms with van der Waals surface area (Å²) in [4.78, 5) is 36.2. The molecule has 0 radical (unpaired) electrons. The summed E-state index contributed by atoms with van der Waals surface area (Å²) in [7, 11) is 1.29. The van der Waals surface area contributed by atoms with Crippen molar-refractivity contribution in [3.8, 4) is 0 Å². The Hall–Kier alpha value is -2.89. The molecule has 6 heteroatoms. The third kappa shape index (κ3) is 5.54. The second kappa shape index (κ2) is 9.16. The molecule has 2 N–H and O–H groups in total. The molecule has 0 bridgehead atoms. The number of rotatable bonds is 7. The van der Waals surface area contributed by atoms with Gasteiger partial charge >= 0.3 is 5.97 Å². The maximum absolute atomic E-state index is 12.6. The molecule has 2 aromatic rings. The summed E-state index contributed by atoms with van der Waals surface area (Å²) in [6.45, 7) is 5.02. The Balaban J connectivity index is 2.19. The SMILES string of the molecule is COC(=O)[C@@H](Cc1ccc2ccccc2c1)NC(=O)[C@H](NC(C)=O)C(C)C. The van der Waals surface area contributed by atoms with E-state index in [9.17, 15) is 14.4 Å². The van der Waals surface area contributed by atoms with Gasteiger partial charge in [0.15, 0.2) is 0 Å². The molecule has 0 aliphatic rings. The standard InChI is InChI=1S/C21H26N2O4/c1-13(2)19(22-14(3)24)20(25)23-18(21(26)27-4)12-15-9-10-16-7-5-6-8-17(16)11-15/h5-11,13,18-19H,12H2,1-4H3,(H,22,24)(H,23,25)/t18-,19-/m1/s1. The molecule has 2 aromatic carbocycles. The lowest BCUT2D eigenvalue weighted by Crippen LogP contribution is -2.54. The van der Waals surface area contributed by atoms with E-state index >= 15 is 0 Å². The largest absolute Gasteiger partial charge is 0.467 e. The zero-order valence-corrected chi connectivity index (χ0v) is 16.1. The van der Waals surface area contributed by atoms with Crippen LogP contribution in [0.2, 0.25) is 0 Å². The van der Waals surface area contributed by atoms with Gasteiger partial charge in [-0.2, -0.15) is 0 Å². The Morgan fingerprint density at radius 2 is 1.67 bits per heavy atom. The van der Waals surface area contributed by atoms with Gasteiger partial charge < -0.3 is 15.4 Å². The maximum Gasteiger partial charge on any atom is 0.328 e. The van der Waals surface area contributed by atoms with Gasteiger partial charge in [-0.1, -0.05) is 56.3 Å². The number of ether oxygens (including phenoxy) is 1. The molecule has 0 aliphatic carbocycles. The first-order valence-corrected chi connectivity index (χ1v) is 8.94. The summed E-state index contributed by atoms with van der Waals surface area (Å²) >= 11 is 0. The Kier molecular flexibility index (Phi) is 6.93. The van der Waals surface area contributed by atoms with Crippen molar-refractivity contribution in [3.63, 3.8) is 0 Å². The molecule has 2 rings (SSSR count). The average molecular weight is 370 g/mol. The molecule has 27 heavy (non-hydrogen) atoms. The third-order valence-electron chi connectivity index (χ3n) is 4.36. The molecule has 0 saturated heterocycles. The fourth-order valence-electron chi connectivity index (χ4n) is 2.95. The van der Waals surface area contributed by atoms with Crippen LogP contribution in [-0.2, 0) is 25.5 Å². The Morgan fingerprint density at radius 1 is 1.00 bits per heavy atom. The highest BCUT2D eigenvalue weighted by Crippen LogP contribution is 2.17. The van der Waals surface area contributed by atoms with Crippen LogP contribution in [-0.4, -0.2) is 37.0 Å². The van der Waals surface area contributed by atoms with Gasteiger partial charge in [0.25, 0.3) is 0 Å². The number of nitrogens with one attached hydrogen (secondary N) is 2. The Labute approximate surface area is 159 Å². The van der Waals surface area contributed by atoms with E-state index in [1.165, 1.54) is 14.0 Å². The van der Waals surface area contributed by atoms with Gasteiger partial charge in [-0.3, -0.25) is 9.59 Å². The normalized spacial score (nSPS) is 13.1. The molecule has 0 aliphatic heterocycles. The molecule has 0 heterocycles. The maximum atomic E-state index is 12.6. The first-order chi connectivity index (χ1) is 12.8. The highest BCUT2D eigenvalue weighted by molar-refractivity contribution is 5.90. The van der Waals surface area contributed by atoms with Crippen molar-refractivity contribution < 1.29 is 19.1 Å². The number of carbonyl (C=O) groups is 3. The number of carbonyl (C=O) groups excluding carboxylic acids is 3. The fraction of sp³-hybridized carbons (Fsp3) is 0.381. The van der Waals surface area contributed by atoms with E-state index in [1.807, 2.05) is 56.3 Å². The van der Waals surface area contributed by atoms with Crippen LogP contribution in [0.3, 0.4) is 0 Å². The van der Waals surface area contributed by atoms with E-state index in [1.54, 1.807) is 0 Å². The smallest absolute Gasteiger partial charge is 0.328 e. The van der Waals surface area contributed by atoms with Crippen LogP contribution in [0.25, 0.3) is 10.8 Å². The lowest BCUT2D eigenvalue weighted by atomic mass is 10.00. The molecule has 2 amide bonds. The summed E-state index contributed by atoms with van der Waals surface area (Å²) in [6, 6.07) is 12.3. The van der Waals surface area contributed by atoms with Gasteiger partial charge in [0, 0.05) is 13.3 Å². The van der Waals surface area contributed by atoms with Crippen molar-refractivity contribution in [1.29, 1.82) is 0 Å². The summed E-state index contributed by atoms with van der Waals surface area (Å²) in [5.74, 6) is -1.35. The summed E-state index contributed by atoms with van der Waals surface area (Å²) < 4.78 is 4.85. The van der Waals surface area contributed by atoms with Crippen molar-refractivity contribution in [2.24, 2.45) is 5.92 Å². The molecule has 0 unspecified atom stereocenters. The number of methoxy groups -OCH3 is 1. The number of amides is 2. The van der Waals surface area contributed by atoms with Gasteiger partial charge in [0.1, 0.15) is 12.1 Å². The molecule has 144 valence electrons. The molecule has 2 atom stereocenters. The van der Waals surface area contributed by atoms with Crippen LogP contribution in [0, 0.1) is 5.92 Å². The number of hydrogen-bond acceptors (Lipinski definition) is 4. The zero-order chi connectivity index (χ0) is 20.0. The highest BCUT2D eigenvalue weighted by Gasteiger charge is 2.28. The van der Waals surface area contributed by atoms with E-state index in [0.717, 1.165) is 16.3 Å². The summed E-state index contributed by atoms with van der Waals surface area (Å²) in [5, 5.41) is 7.51. The predicted molar refractivity (Wildman–Crippen MR) is 104 cm³/mol. The molecule has 0 spiro atoms. The molecule has 0 fully saturated rings. The van der Waals surface area contributed by atoms with Crippen molar-refractivity contribution in [3.05, 3.63) is 48.0 Å².